The lowest BCUT2D eigenvalue weighted by atomic mass is 10.1. The van der Waals surface area contributed by atoms with E-state index in [1.54, 1.807) is 26.0 Å². The van der Waals surface area contributed by atoms with Gasteiger partial charge in [-0.2, -0.15) is 0 Å². The van der Waals surface area contributed by atoms with Crippen LogP contribution in [0.3, 0.4) is 0 Å². The first-order valence-electron chi connectivity index (χ1n) is 8.08. The van der Waals surface area contributed by atoms with Gasteiger partial charge in [-0.25, -0.2) is 4.79 Å². The summed E-state index contributed by atoms with van der Waals surface area (Å²) >= 11 is 0. The van der Waals surface area contributed by atoms with E-state index in [4.69, 9.17) is 9.47 Å². The molecule has 1 aromatic rings. The largest absolute Gasteiger partial charge is 0.461 e. The highest BCUT2D eigenvalue weighted by Gasteiger charge is 2.08. The Labute approximate surface area is 138 Å². The average Bonchev–Trinajstić information content (AvgIpc) is 2.50. The van der Waals surface area contributed by atoms with Gasteiger partial charge in [0.25, 0.3) is 0 Å². The number of hydrogen-bond donors (Lipinski definition) is 1. The number of amides is 1. The minimum atomic E-state index is -0.451. The summed E-state index contributed by atoms with van der Waals surface area (Å²) in [6, 6.07) is 7.13. The first-order chi connectivity index (χ1) is 10.9. The molecule has 0 radical (unpaired) electrons. The van der Waals surface area contributed by atoms with Gasteiger partial charge in [-0.05, 0) is 36.5 Å². The third kappa shape index (κ3) is 8.24. The summed E-state index contributed by atoms with van der Waals surface area (Å²) in [5.41, 5.74) is 1.52. The molecule has 1 amide bonds. The fraction of sp³-hybridized carbons (Fsp3) is 0.556. The van der Waals surface area contributed by atoms with Crippen LogP contribution >= 0.6 is 0 Å². The van der Waals surface area contributed by atoms with E-state index >= 15 is 0 Å². The standard InChI is InChI=1S/C18H27NO4/c1-13(2)6-5-11-22-18(21)19-16-9-7-15(8-10-16)12-23-17(20)14(3)4/h7-10,13-14H,5-6,11-12H2,1-4H3,(H,19,21). The molecule has 0 fully saturated rings. The van der Waals surface area contributed by atoms with E-state index in [0.717, 1.165) is 18.4 Å². The van der Waals surface area contributed by atoms with E-state index in [2.05, 4.69) is 19.2 Å². The van der Waals surface area contributed by atoms with Crippen molar-refractivity contribution in [3.05, 3.63) is 29.8 Å². The Morgan fingerprint density at radius 3 is 2.26 bits per heavy atom. The van der Waals surface area contributed by atoms with Gasteiger partial charge in [-0.3, -0.25) is 10.1 Å². The summed E-state index contributed by atoms with van der Waals surface area (Å²) in [6.45, 7) is 8.52. The predicted octanol–water partition coefficient (Wildman–Crippen LogP) is 4.37. The molecular formula is C18H27NO4. The molecule has 0 heterocycles. The molecule has 5 nitrogen and oxygen atoms in total. The van der Waals surface area contributed by atoms with Gasteiger partial charge in [-0.1, -0.05) is 39.8 Å². The normalized spacial score (nSPS) is 10.7. The van der Waals surface area contributed by atoms with Crippen molar-refractivity contribution in [2.75, 3.05) is 11.9 Å². The zero-order chi connectivity index (χ0) is 17.2. The number of esters is 1. The van der Waals surface area contributed by atoms with Crippen molar-refractivity contribution in [2.24, 2.45) is 11.8 Å². The molecule has 0 aliphatic heterocycles. The molecule has 0 saturated carbocycles. The maximum atomic E-state index is 11.6. The van der Waals surface area contributed by atoms with E-state index < -0.39 is 6.09 Å². The van der Waals surface area contributed by atoms with Crippen LogP contribution < -0.4 is 5.32 Å². The van der Waals surface area contributed by atoms with Crippen LogP contribution in [0.2, 0.25) is 0 Å². The highest BCUT2D eigenvalue weighted by Crippen LogP contribution is 2.12. The molecule has 0 bridgehead atoms. The van der Waals surface area contributed by atoms with E-state index in [0.29, 0.717) is 18.2 Å². The topological polar surface area (TPSA) is 64.6 Å². The highest BCUT2D eigenvalue weighted by molar-refractivity contribution is 5.84. The number of carbonyl (C=O) groups excluding carboxylic acids is 2. The van der Waals surface area contributed by atoms with Crippen LogP contribution in [0.4, 0.5) is 10.5 Å². The number of ether oxygens (including phenoxy) is 2. The molecule has 0 unspecified atom stereocenters. The van der Waals surface area contributed by atoms with Gasteiger partial charge in [0.2, 0.25) is 0 Å². The highest BCUT2D eigenvalue weighted by atomic mass is 16.5. The summed E-state index contributed by atoms with van der Waals surface area (Å²) in [6.07, 6.45) is 1.45. The molecule has 0 atom stereocenters. The smallest absolute Gasteiger partial charge is 0.411 e. The molecule has 0 spiro atoms. The minimum Gasteiger partial charge on any atom is -0.461 e. The van der Waals surface area contributed by atoms with Crippen LogP contribution in [0, 0.1) is 11.8 Å². The van der Waals surface area contributed by atoms with Crippen molar-refractivity contribution >= 4 is 17.7 Å². The van der Waals surface area contributed by atoms with E-state index in [1.165, 1.54) is 0 Å². The van der Waals surface area contributed by atoms with Crippen LogP contribution in [0.1, 0.15) is 46.1 Å². The van der Waals surface area contributed by atoms with E-state index in [-0.39, 0.29) is 18.5 Å². The van der Waals surface area contributed by atoms with E-state index in [9.17, 15) is 9.59 Å². The van der Waals surface area contributed by atoms with Crippen molar-refractivity contribution in [3.8, 4) is 0 Å². The fourth-order valence-corrected chi connectivity index (χ4v) is 1.82. The lowest BCUT2D eigenvalue weighted by molar-refractivity contribution is -0.148. The molecule has 1 aromatic carbocycles. The number of benzene rings is 1. The molecule has 23 heavy (non-hydrogen) atoms. The second kappa shape index (κ2) is 9.87. The van der Waals surface area contributed by atoms with Crippen molar-refractivity contribution in [1.82, 2.24) is 0 Å². The zero-order valence-electron chi connectivity index (χ0n) is 14.4. The van der Waals surface area contributed by atoms with Gasteiger partial charge in [0.05, 0.1) is 12.5 Å². The summed E-state index contributed by atoms with van der Waals surface area (Å²) in [7, 11) is 0. The monoisotopic (exact) mass is 321 g/mol. The van der Waals surface area contributed by atoms with Crippen LogP contribution in [-0.2, 0) is 20.9 Å². The first-order valence-corrected chi connectivity index (χ1v) is 8.08. The lowest BCUT2D eigenvalue weighted by Crippen LogP contribution is -2.14. The van der Waals surface area contributed by atoms with Crippen molar-refractivity contribution in [2.45, 2.75) is 47.1 Å². The third-order valence-electron chi connectivity index (χ3n) is 3.21. The Morgan fingerprint density at radius 2 is 1.70 bits per heavy atom. The second-order valence-corrected chi connectivity index (χ2v) is 6.26. The molecule has 0 aliphatic rings. The number of rotatable bonds is 8. The zero-order valence-corrected chi connectivity index (χ0v) is 14.4. The summed E-state index contributed by atoms with van der Waals surface area (Å²) in [5, 5.41) is 2.67. The van der Waals surface area contributed by atoms with Crippen LogP contribution in [0.5, 0.6) is 0 Å². The quantitative estimate of drug-likeness (QED) is 0.570. The number of carbonyl (C=O) groups is 2. The molecule has 5 heteroatoms. The molecule has 1 rings (SSSR count). The number of hydrogen-bond acceptors (Lipinski definition) is 4. The summed E-state index contributed by atoms with van der Waals surface area (Å²) in [5.74, 6) is 0.248. The summed E-state index contributed by atoms with van der Waals surface area (Å²) in [4.78, 5) is 23.0. The molecular weight excluding hydrogens is 294 g/mol. The van der Waals surface area contributed by atoms with Gasteiger partial charge in [0.15, 0.2) is 0 Å². The van der Waals surface area contributed by atoms with Crippen molar-refractivity contribution < 1.29 is 19.1 Å². The molecule has 0 saturated heterocycles. The Kier molecular flexibility index (Phi) is 8.16. The Morgan fingerprint density at radius 1 is 1.04 bits per heavy atom. The Hall–Kier alpha value is -2.04. The third-order valence-corrected chi connectivity index (χ3v) is 3.21. The minimum absolute atomic E-state index is 0.138. The van der Waals surface area contributed by atoms with Crippen LogP contribution in [0.15, 0.2) is 24.3 Å². The molecule has 1 N–H and O–H groups in total. The van der Waals surface area contributed by atoms with Crippen molar-refractivity contribution in [3.63, 3.8) is 0 Å². The number of nitrogens with one attached hydrogen (secondary N) is 1. The summed E-state index contributed by atoms with van der Waals surface area (Å²) < 4.78 is 10.3. The number of anilines is 1. The SMILES string of the molecule is CC(C)CCCOC(=O)Nc1ccc(COC(=O)C(C)C)cc1. The van der Waals surface area contributed by atoms with E-state index in [1.807, 2.05) is 12.1 Å². The maximum absolute atomic E-state index is 11.6. The average molecular weight is 321 g/mol. The Bertz CT molecular complexity index is 494. The molecule has 0 aliphatic carbocycles. The van der Waals surface area contributed by atoms with Gasteiger partial charge < -0.3 is 9.47 Å². The maximum Gasteiger partial charge on any atom is 0.411 e. The fourth-order valence-electron chi connectivity index (χ4n) is 1.82. The van der Waals surface area contributed by atoms with Gasteiger partial charge in [0, 0.05) is 5.69 Å². The van der Waals surface area contributed by atoms with Crippen LogP contribution in [-0.4, -0.2) is 18.7 Å². The lowest BCUT2D eigenvalue weighted by Gasteiger charge is -2.09. The predicted molar refractivity (Wildman–Crippen MR) is 90.1 cm³/mol. The van der Waals surface area contributed by atoms with Gasteiger partial charge in [-0.15, -0.1) is 0 Å². The Balaban J connectivity index is 2.33. The first kappa shape index (κ1) is 19.0. The molecule has 128 valence electrons. The second-order valence-electron chi connectivity index (χ2n) is 6.26. The van der Waals surface area contributed by atoms with Crippen LogP contribution in [0.25, 0.3) is 0 Å². The van der Waals surface area contributed by atoms with Gasteiger partial charge >= 0.3 is 12.1 Å². The van der Waals surface area contributed by atoms with Gasteiger partial charge in [0.1, 0.15) is 6.61 Å². The van der Waals surface area contributed by atoms with Crippen molar-refractivity contribution in [1.29, 1.82) is 0 Å². The molecule has 0 aromatic heterocycles.